The Labute approximate surface area is 165 Å². The van der Waals surface area contributed by atoms with Crippen molar-refractivity contribution < 1.29 is 18.7 Å². The summed E-state index contributed by atoms with van der Waals surface area (Å²) in [6.45, 7) is 3.31. The molecule has 0 saturated heterocycles. The second kappa shape index (κ2) is 8.64. The molecule has 0 aliphatic rings. The van der Waals surface area contributed by atoms with Crippen molar-refractivity contribution in [3.05, 3.63) is 76.0 Å². The van der Waals surface area contributed by atoms with Gasteiger partial charge >= 0.3 is 5.97 Å². The predicted octanol–water partition coefficient (Wildman–Crippen LogP) is 2.73. The van der Waals surface area contributed by atoms with Crippen LogP contribution in [0.5, 0.6) is 0 Å². The van der Waals surface area contributed by atoms with Crippen molar-refractivity contribution in [3.63, 3.8) is 0 Å². The number of amides is 1. The van der Waals surface area contributed by atoms with E-state index in [1.54, 1.807) is 36.4 Å². The van der Waals surface area contributed by atoms with Crippen molar-refractivity contribution in [3.8, 4) is 0 Å². The van der Waals surface area contributed by atoms with Crippen LogP contribution < -0.4 is 10.9 Å². The molecule has 29 heavy (non-hydrogen) atoms. The van der Waals surface area contributed by atoms with Gasteiger partial charge in [0.15, 0.2) is 12.3 Å². The fourth-order valence-corrected chi connectivity index (χ4v) is 2.99. The van der Waals surface area contributed by atoms with Gasteiger partial charge in [-0.1, -0.05) is 44.2 Å². The Morgan fingerprint density at radius 2 is 1.76 bits per heavy atom. The number of hydrogen-bond acceptors (Lipinski definition) is 5. The Morgan fingerprint density at radius 1 is 1.10 bits per heavy atom. The number of halogens is 1. The highest BCUT2D eigenvalue weighted by atomic mass is 19.1. The Bertz CT molecular complexity index is 1090. The number of aromatic nitrogens is 2. The Balaban J connectivity index is 1.68. The maximum absolute atomic E-state index is 13.1. The quantitative estimate of drug-likeness (QED) is 0.623. The monoisotopic (exact) mass is 397 g/mol. The van der Waals surface area contributed by atoms with Gasteiger partial charge in [-0.25, -0.2) is 14.3 Å². The highest BCUT2D eigenvalue weighted by molar-refractivity contribution is 6.02. The molecule has 1 heterocycles. The molecular formula is C21H20FN3O4. The number of hydrogen-bond donors (Lipinski definition) is 2. The second-order valence-electron chi connectivity index (χ2n) is 6.86. The van der Waals surface area contributed by atoms with E-state index in [1.807, 2.05) is 13.8 Å². The Morgan fingerprint density at radius 3 is 2.41 bits per heavy atom. The molecule has 0 aliphatic carbocycles. The van der Waals surface area contributed by atoms with Gasteiger partial charge in [0.05, 0.1) is 11.4 Å². The zero-order valence-corrected chi connectivity index (χ0v) is 15.9. The molecule has 3 aromatic rings. The van der Waals surface area contributed by atoms with Gasteiger partial charge in [-0.2, -0.15) is 5.10 Å². The van der Waals surface area contributed by atoms with Gasteiger partial charge in [0.2, 0.25) is 0 Å². The van der Waals surface area contributed by atoms with Crippen molar-refractivity contribution >= 4 is 22.6 Å². The third-order valence-electron chi connectivity index (χ3n) is 4.44. The van der Waals surface area contributed by atoms with E-state index in [-0.39, 0.29) is 23.5 Å². The smallest absolute Gasteiger partial charge is 0.359 e. The molecule has 2 N–H and O–H groups in total. The molecule has 1 unspecified atom stereocenters. The van der Waals surface area contributed by atoms with Gasteiger partial charge in [0.1, 0.15) is 5.82 Å². The molecule has 1 amide bonds. The number of nitrogens with one attached hydrogen (secondary N) is 2. The van der Waals surface area contributed by atoms with Gasteiger partial charge in [-0.05, 0) is 29.7 Å². The minimum Gasteiger partial charge on any atom is -0.451 e. The van der Waals surface area contributed by atoms with Crippen molar-refractivity contribution in [1.29, 1.82) is 0 Å². The van der Waals surface area contributed by atoms with Crippen LogP contribution in [0.1, 0.15) is 35.9 Å². The summed E-state index contributed by atoms with van der Waals surface area (Å²) in [5.74, 6) is -1.66. The number of carbonyl (C=O) groups excluding carboxylic acids is 2. The first kappa shape index (κ1) is 20.2. The van der Waals surface area contributed by atoms with E-state index in [0.717, 1.165) is 5.56 Å². The van der Waals surface area contributed by atoms with E-state index in [9.17, 15) is 18.8 Å². The molecule has 8 heteroatoms. The van der Waals surface area contributed by atoms with E-state index < -0.39 is 24.0 Å². The Hall–Kier alpha value is -3.55. The predicted molar refractivity (Wildman–Crippen MR) is 105 cm³/mol. The van der Waals surface area contributed by atoms with Crippen LogP contribution in [0.4, 0.5) is 4.39 Å². The molecule has 3 rings (SSSR count). The van der Waals surface area contributed by atoms with Gasteiger partial charge in [0, 0.05) is 5.39 Å². The number of ether oxygens (including phenoxy) is 1. The number of H-pyrrole nitrogens is 1. The number of benzene rings is 2. The first-order chi connectivity index (χ1) is 13.9. The van der Waals surface area contributed by atoms with Crippen LogP contribution in [-0.4, -0.2) is 28.7 Å². The van der Waals surface area contributed by atoms with E-state index in [4.69, 9.17) is 4.74 Å². The first-order valence-corrected chi connectivity index (χ1v) is 9.06. The minimum absolute atomic E-state index is 0.0323. The largest absolute Gasteiger partial charge is 0.451 e. The lowest BCUT2D eigenvalue weighted by Gasteiger charge is -2.23. The van der Waals surface area contributed by atoms with Gasteiger partial charge in [-0.15, -0.1) is 0 Å². The van der Waals surface area contributed by atoms with Crippen molar-refractivity contribution in [2.24, 2.45) is 5.92 Å². The van der Waals surface area contributed by atoms with E-state index in [1.165, 1.54) is 12.1 Å². The summed E-state index contributed by atoms with van der Waals surface area (Å²) in [7, 11) is 0. The van der Waals surface area contributed by atoms with E-state index >= 15 is 0 Å². The first-order valence-electron chi connectivity index (χ1n) is 9.06. The molecule has 2 aromatic carbocycles. The number of esters is 1. The zero-order valence-electron chi connectivity index (χ0n) is 15.9. The molecule has 0 aliphatic heterocycles. The number of aromatic amines is 1. The summed E-state index contributed by atoms with van der Waals surface area (Å²) in [5, 5.41) is 9.43. The van der Waals surface area contributed by atoms with Gasteiger partial charge < -0.3 is 10.1 Å². The molecule has 0 fully saturated rings. The molecule has 1 atom stereocenters. The highest BCUT2D eigenvalue weighted by Gasteiger charge is 2.21. The van der Waals surface area contributed by atoms with Crippen LogP contribution in [0.3, 0.4) is 0 Å². The minimum atomic E-state index is -0.824. The normalized spacial score (nSPS) is 12.0. The molecule has 150 valence electrons. The SMILES string of the molecule is CC(C)C(NC(=O)COC(=O)c1n[nH]c(=O)c2ccccc12)c1ccc(F)cc1. The fourth-order valence-electron chi connectivity index (χ4n) is 2.99. The van der Waals surface area contributed by atoms with Gasteiger partial charge in [0.25, 0.3) is 11.5 Å². The van der Waals surface area contributed by atoms with Gasteiger partial charge in [-0.3, -0.25) is 9.59 Å². The van der Waals surface area contributed by atoms with Crippen LogP contribution in [0.2, 0.25) is 0 Å². The molecule has 0 spiro atoms. The summed E-state index contributed by atoms with van der Waals surface area (Å²) < 4.78 is 18.2. The lowest BCUT2D eigenvalue weighted by molar-refractivity contribution is -0.125. The third-order valence-corrected chi connectivity index (χ3v) is 4.44. The van der Waals surface area contributed by atoms with Crippen LogP contribution in [0, 0.1) is 11.7 Å². The molecule has 0 saturated carbocycles. The fraction of sp³-hybridized carbons (Fsp3) is 0.238. The topological polar surface area (TPSA) is 101 Å². The number of fused-ring (bicyclic) bond motifs is 1. The molecule has 7 nitrogen and oxygen atoms in total. The van der Waals surface area contributed by atoms with Crippen molar-refractivity contribution in [2.45, 2.75) is 19.9 Å². The highest BCUT2D eigenvalue weighted by Crippen LogP contribution is 2.22. The molecular weight excluding hydrogens is 377 g/mol. The second-order valence-corrected chi connectivity index (χ2v) is 6.86. The third kappa shape index (κ3) is 4.66. The average Bonchev–Trinajstić information content (AvgIpc) is 2.71. The summed E-state index contributed by atoms with van der Waals surface area (Å²) in [5.41, 5.74) is 0.246. The number of carbonyl (C=O) groups is 2. The van der Waals surface area contributed by atoms with Crippen LogP contribution in [-0.2, 0) is 9.53 Å². The molecule has 0 radical (unpaired) electrons. The molecule has 0 bridgehead atoms. The number of rotatable bonds is 6. The summed E-state index contributed by atoms with van der Waals surface area (Å²) >= 11 is 0. The summed E-state index contributed by atoms with van der Waals surface area (Å²) in [4.78, 5) is 36.5. The van der Waals surface area contributed by atoms with Crippen LogP contribution in [0.25, 0.3) is 10.8 Å². The molecule has 1 aromatic heterocycles. The van der Waals surface area contributed by atoms with Crippen molar-refractivity contribution in [2.75, 3.05) is 6.61 Å². The summed E-state index contributed by atoms with van der Waals surface area (Å²) in [6, 6.07) is 12.0. The maximum atomic E-state index is 13.1. The lowest BCUT2D eigenvalue weighted by atomic mass is 9.96. The van der Waals surface area contributed by atoms with Crippen molar-refractivity contribution in [1.82, 2.24) is 15.5 Å². The standard InChI is InChI=1S/C21H20FN3O4/c1-12(2)18(13-7-9-14(22)10-8-13)23-17(26)11-29-21(28)19-15-5-3-4-6-16(15)20(27)25-24-19/h3-10,12,18H,11H2,1-2H3,(H,23,26)(H,25,27). The van der Waals surface area contributed by atoms with E-state index in [2.05, 4.69) is 15.5 Å². The number of nitrogens with zero attached hydrogens (tertiary/aromatic N) is 1. The zero-order chi connectivity index (χ0) is 21.0. The average molecular weight is 397 g/mol. The van der Waals surface area contributed by atoms with Crippen LogP contribution in [0.15, 0.2) is 53.3 Å². The van der Waals surface area contributed by atoms with Crippen LogP contribution >= 0.6 is 0 Å². The summed E-state index contributed by atoms with van der Waals surface area (Å²) in [6.07, 6.45) is 0. The lowest BCUT2D eigenvalue weighted by Crippen LogP contribution is -2.35. The Kier molecular flexibility index (Phi) is 6.01. The maximum Gasteiger partial charge on any atom is 0.359 e. The van der Waals surface area contributed by atoms with E-state index in [0.29, 0.717) is 10.8 Å².